The first-order valence-electron chi connectivity index (χ1n) is 7.46. The largest absolute Gasteiger partial charge is 0.340 e. The summed E-state index contributed by atoms with van der Waals surface area (Å²) in [5.74, 6) is 0.950. The van der Waals surface area contributed by atoms with Crippen molar-refractivity contribution in [1.82, 2.24) is 9.55 Å². The molecule has 0 fully saturated rings. The number of aryl methyl sites for hydroxylation is 2. The van der Waals surface area contributed by atoms with E-state index in [0.717, 1.165) is 24.2 Å². The Bertz CT molecular complexity index is 710. The fraction of sp³-hybridized carbons (Fsp3) is 0.211. The molecule has 1 radical (unpaired) electrons. The Morgan fingerprint density at radius 2 is 1.73 bits per heavy atom. The standard InChI is InChI=1S/C19H19N2.Ir/c1-3-15-11-8-12-16(4-2)18(15)21-14-13-20-19(21)17-9-6-5-7-10-17;/h5-9,11-14H,3-4H2,1-2H3;/q-1;. The molecule has 0 amide bonds. The molecule has 0 saturated heterocycles. The van der Waals surface area contributed by atoms with Gasteiger partial charge in [0.25, 0.3) is 0 Å². The van der Waals surface area contributed by atoms with Crippen LogP contribution in [0.2, 0.25) is 0 Å². The molecule has 0 spiro atoms. The van der Waals surface area contributed by atoms with Gasteiger partial charge in [0.05, 0.1) is 5.82 Å². The molecule has 0 bridgehead atoms. The Morgan fingerprint density at radius 1 is 1.00 bits per heavy atom. The molecule has 0 saturated carbocycles. The zero-order chi connectivity index (χ0) is 14.7. The van der Waals surface area contributed by atoms with Crippen LogP contribution in [0.1, 0.15) is 25.0 Å². The van der Waals surface area contributed by atoms with Crippen LogP contribution in [0.15, 0.2) is 54.9 Å². The number of para-hydroxylation sites is 1. The predicted octanol–water partition coefficient (Wildman–Crippen LogP) is 4.46. The van der Waals surface area contributed by atoms with E-state index in [9.17, 15) is 0 Å². The quantitative estimate of drug-likeness (QED) is 0.518. The maximum Gasteiger partial charge on any atom is 0.0602 e. The van der Waals surface area contributed by atoms with Crippen molar-refractivity contribution in [2.45, 2.75) is 26.7 Å². The number of nitrogens with zero attached hydrogens (tertiary/aromatic N) is 2. The van der Waals surface area contributed by atoms with E-state index in [1.807, 2.05) is 30.6 Å². The maximum atomic E-state index is 4.55. The summed E-state index contributed by atoms with van der Waals surface area (Å²) in [6.07, 6.45) is 5.93. The Morgan fingerprint density at radius 3 is 2.32 bits per heavy atom. The van der Waals surface area contributed by atoms with Crippen LogP contribution in [-0.2, 0) is 32.9 Å². The Kier molecular flexibility index (Phi) is 5.70. The summed E-state index contributed by atoms with van der Waals surface area (Å²) >= 11 is 0. The molecule has 0 aliphatic heterocycles. The summed E-state index contributed by atoms with van der Waals surface area (Å²) in [7, 11) is 0. The van der Waals surface area contributed by atoms with Crippen molar-refractivity contribution in [3.63, 3.8) is 0 Å². The Labute approximate surface area is 145 Å². The van der Waals surface area contributed by atoms with E-state index in [1.54, 1.807) is 0 Å². The van der Waals surface area contributed by atoms with Crippen molar-refractivity contribution < 1.29 is 20.1 Å². The molecule has 0 aliphatic carbocycles. The van der Waals surface area contributed by atoms with Gasteiger partial charge in [-0.2, -0.15) is 0 Å². The van der Waals surface area contributed by atoms with Gasteiger partial charge < -0.3 is 4.57 Å². The molecule has 22 heavy (non-hydrogen) atoms. The molecule has 3 rings (SSSR count). The Balaban J connectivity index is 0.00000176. The minimum atomic E-state index is 0. The minimum Gasteiger partial charge on any atom is -0.340 e. The predicted molar refractivity (Wildman–Crippen MR) is 86.6 cm³/mol. The summed E-state index contributed by atoms with van der Waals surface area (Å²) in [5.41, 5.74) is 5.00. The summed E-state index contributed by atoms with van der Waals surface area (Å²) in [4.78, 5) is 4.55. The zero-order valence-electron chi connectivity index (χ0n) is 12.8. The average Bonchev–Trinajstić information content (AvgIpc) is 3.04. The molecule has 2 nitrogen and oxygen atoms in total. The first-order valence-corrected chi connectivity index (χ1v) is 7.46. The average molecular weight is 468 g/mol. The van der Waals surface area contributed by atoms with Gasteiger partial charge in [-0.1, -0.05) is 32.0 Å². The van der Waals surface area contributed by atoms with Crippen LogP contribution in [0.3, 0.4) is 0 Å². The second-order valence-corrected chi connectivity index (χ2v) is 5.03. The third-order valence-corrected chi connectivity index (χ3v) is 3.80. The molecule has 0 N–H and O–H groups in total. The van der Waals surface area contributed by atoms with E-state index < -0.39 is 0 Å². The van der Waals surface area contributed by atoms with E-state index >= 15 is 0 Å². The Hall–Kier alpha value is -1.70. The van der Waals surface area contributed by atoms with Gasteiger partial charge in [0, 0.05) is 38.2 Å². The molecule has 0 unspecified atom stereocenters. The SMILES string of the molecule is CCc1cccc(CC)c1-n1ccnc1-c1[c-]cccc1.[Ir]. The van der Waals surface area contributed by atoms with Crippen LogP contribution in [0.4, 0.5) is 0 Å². The smallest absolute Gasteiger partial charge is 0.0602 e. The molecule has 115 valence electrons. The number of hydrogen-bond acceptors (Lipinski definition) is 1. The van der Waals surface area contributed by atoms with Gasteiger partial charge in [-0.25, -0.2) is 0 Å². The molecule has 1 heterocycles. The number of imidazole rings is 1. The number of rotatable bonds is 4. The third kappa shape index (κ3) is 3.06. The zero-order valence-corrected chi connectivity index (χ0v) is 15.2. The number of hydrogen-bond donors (Lipinski definition) is 0. The minimum absolute atomic E-state index is 0. The van der Waals surface area contributed by atoms with Crippen molar-refractivity contribution in [2.24, 2.45) is 0 Å². The van der Waals surface area contributed by atoms with E-state index in [0.29, 0.717) is 0 Å². The fourth-order valence-electron chi connectivity index (χ4n) is 2.74. The second-order valence-electron chi connectivity index (χ2n) is 5.03. The van der Waals surface area contributed by atoms with E-state index in [4.69, 9.17) is 0 Å². The van der Waals surface area contributed by atoms with E-state index in [1.165, 1.54) is 16.8 Å². The van der Waals surface area contributed by atoms with Crippen molar-refractivity contribution in [1.29, 1.82) is 0 Å². The molecule has 3 aromatic rings. The normalized spacial score (nSPS) is 10.3. The number of benzene rings is 2. The third-order valence-electron chi connectivity index (χ3n) is 3.80. The number of aromatic nitrogens is 2. The van der Waals surface area contributed by atoms with Gasteiger partial charge in [0.15, 0.2) is 0 Å². The van der Waals surface area contributed by atoms with Gasteiger partial charge in [0.1, 0.15) is 0 Å². The molecular formula is C19H19IrN2-. The van der Waals surface area contributed by atoms with Gasteiger partial charge in [-0.05, 0) is 24.0 Å². The van der Waals surface area contributed by atoms with Crippen molar-refractivity contribution >= 4 is 0 Å². The van der Waals surface area contributed by atoms with Crippen LogP contribution in [-0.4, -0.2) is 9.55 Å². The van der Waals surface area contributed by atoms with Crippen LogP contribution < -0.4 is 0 Å². The van der Waals surface area contributed by atoms with Gasteiger partial charge >= 0.3 is 0 Å². The summed E-state index contributed by atoms with van der Waals surface area (Å²) < 4.78 is 2.20. The fourth-order valence-corrected chi connectivity index (χ4v) is 2.74. The van der Waals surface area contributed by atoms with E-state index in [-0.39, 0.29) is 20.1 Å². The maximum absolute atomic E-state index is 4.55. The summed E-state index contributed by atoms with van der Waals surface area (Å²) in [6.45, 7) is 4.40. The van der Waals surface area contributed by atoms with Crippen molar-refractivity contribution in [2.75, 3.05) is 0 Å². The van der Waals surface area contributed by atoms with Crippen molar-refractivity contribution in [3.8, 4) is 17.1 Å². The molecule has 2 aromatic carbocycles. The van der Waals surface area contributed by atoms with Crippen molar-refractivity contribution in [3.05, 3.63) is 72.1 Å². The van der Waals surface area contributed by atoms with Gasteiger partial charge in [-0.15, -0.1) is 35.9 Å². The van der Waals surface area contributed by atoms with Gasteiger partial charge in [0.2, 0.25) is 0 Å². The van der Waals surface area contributed by atoms with E-state index in [2.05, 4.69) is 53.7 Å². The molecule has 0 aliphatic rings. The molecule has 0 atom stereocenters. The van der Waals surface area contributed by atoms with Gasteiger partial charge in [-0.3, -0.25) is 4.98 Å². The molecular weight excluding hydrogens is 448 g/mol. The first-order chi connectivity index (χ1) is 10.3. The van der Waals surface area contributed by atoms with Crippen LogP contribution in [0.5, 0.6) is 0 Å². The van der Waals surface area contributed by atoms with Crippen LogP contribution >= 0.6 is 0 Å². The molecule has 3 heteroatoms. The van der Waals surface area contributed by atoms with Crippen LogP contribution in [0, 0.1) is 6.07 Å². The first kappa shape index (κ1) is 16.7. The monoisotopic (exact) mass is 468 g/mol. The van der Waals surface area contributed by atoms with Crippen LogP contribution in [0.25, 0.3) is 17.1 Å². The summed E-state index contributed by atoms with van der Waals surface area (Å²) in [6, 6.07) is 17.8. The summed E-state index contributed by atoms with van der Waals surface area (Å²) in [5, 5.41) is 0. The second kappa shape index (κ2) is 7.53. The molecule has 1 aromatic heterocycles. The topological polar surface area (TPSA) is 17.8 Å².